The van der Waals surface area contributed by atoms with E-state index < -0.39 is 0 Å². The summed E-state index contributed by atoms with van der Waals surface area (Å²) in [7, 11) is 0. The molecule has 1 saturated heterocycles. The number of piperidine rings is 1. The first kappa shape index (κ1) is 17.8. The topological polar surface area (TPSA) is 42.0 Å². The van der Waals surface area contributed by atoms with Gasteiger partial charge in [-0.3, -0.25) is 4.79 Å². The highest BCUT2D eigenvalue weighted by Gasteiger charge is 2.28. The van der Waals surface area contributed by atoms with Crippen molar-refractivity contribution in [3.63, 3.8) is 0 Å². The van der Waals surface area contributed by atoms with Gasteiger partial charge in [0, 0.05) is 32.8 Å². The van der Waals surface area contributed by atoms with Crippen LogP contribution in [0.1, 0.15) is 32.6 Å². The van der Waals surface area contributed by atoms with Crippen molar-refractivity contribution in [3.8, 4) is 5.75 Å². The number of carbonyl (C=O) groups excluding carboxylic acids is 1. The van der Waals surface area contributed by atoms with Crippen molar-refractivity contribution in [2.24, 2.45) is 11.8 Å². The molecule has 2 fully saturated rings. The molecular weight excluding hydrogens is 328 g/mol. The number of nitrogens with zero attached hydrogens (tertiary/aromatic N) is 2. The third-order valence-corrected chi connectivity index (χ3v) is 5.67. The maximum Gasteiger partial charge on any atom is 0.265 e. The van der Waals surface area contributed by atoms with Gasteiger partial charge in [-0.15, -0.1) is 0 Å². The predicted molar refractivity (Wildman–Crippen MR) is 102 cm³/mol. The minimum absolute atomic E-state index is 0.0581. The molecule has 1 unspecified atom stereocenters. The SMILES string of the molecule is CC(CN1CCC(OCC2CC2)CC1)CN1C(=O)COc2ccccc21. The molecule has 4 rings (SSSR count). The molecule has 5 heteroatoms. The highest BCUT2D eigenvalue weighted by Crippen LogP contribution is 2.32. The number of ether oxygens (including phenoxy) is 2. The molecule has 0 radical (unpaired) electrons. The van der Waals surface area contributed by atoms with E-state index in [0.29, 0.717) is 12.0 Å². The molecule has 26 heavy (non-hydrogen) atoms. The lowest BCUT2D eigenvalue weighted by Crippen LogP contribution is -2.45. The van der Waals surface area contributed by atoms with E-state index in [9.17, 15) is 4.79 Å². The molecule has 1 amide bonds. The maximum absolute atomic E-state index is 12.3. The van der Waals surface area contributed by atoms with Crippen LogP contribution in [0.25, 0.3) is 0 Å². The molecule has 1 atom stereocenters. The average Bonchev–Trinajstić information content (AvgIpc) is 3.48. The summed E-state index contributed by atoms with van der Waals surface area (Å²) in [5, 5.41) is 0. The summed E-state index contributed by atoms with van der Waals surface area (Å²) >= 11 is 0. The van der Waals surface area contributed by atoms with E-state index >= 15 is 0 Å². The summed E-state index contributed by atoms with van der Waals surface area (Å²) in [6.07, 6.45) is 5.45. The van der Waals surface area contributed by atoms with Gasteiger partial charge >= 0.3 is 0 Å². The molecule has 0 aromatic heterocycles. The van der Waals surface area contributed by atoms with Gasteiger partial charge in [0.2, 0.25) is 0 Å². The van der Waals surface area contributed by atoms with Crippen molar-refractivity contribution in [1.82, 2.24) is 4.90 Å². The van der Waals surface area contributed by atoms with Crippen molar-refractivity contribution in [3.05, 3.63) is 24.3 Å². The highest BCUT2D eigenvalue weighted by atomic mass is 16.5. The van der Waals surface area contributed by atoms with Crippen LogP contribution in [-0.2, 0) is 9.53 Å². The summed E-state index contributed by atoms with van der Waals surface area (Å²) in [6, 6.07) is 7.82. The number of benzene rings is 1. The van der Waals surface area contributed by atoms with Gasteiger partial charge in [0.25, 0.3) is 5.91 Å². The third kappa shape index (κ3) is 4.38. The van der Waals surface area contributed by atoms with Gasteiger partial charge in [-0.1, -0.05) is 19.1 Å². The largest absolute Gasteiger partial charge is 0.482 e. The summed E-state index contributed by atoms with van der Waals surface area (Å²) in [4.78, 5) is 16.8. The average molecular weight is 358 g/mol. The van der Waals surface area contributed by atoms with Crippen molar-refractivity contribution in [2.75, 3.05) is 44.3 Å². The number of carbonyl (C=O) groups is 1. The van der Waals surface area contributed by atoms with E-state index in [1.54, 1.807) is 0 Å². The molecule has 2 heterocycles. The van der Waals surface area contributed by atoms with Crippen LogP contribution in [0.5, 0.6) is 5.75 Å². The quantitative estimate of drug-likeness (QED) is 0.752. The molecule has 0 bridgehead atoms. The number of amides is 1. The fourth-order valence-electron chi connectivity index (χ4n) is 3.98. The van der Waals surface area contributed by atoms with Crippen LogP contribution in [-0.4, -0.2) is 56.3 Å². The summed E-state index contributed by atoms with van der Waals surface area (Å²) in [5.74, 6) is 2.15. The predicted octanol–water partition coefficient (Wildman–Crippen LogP) is 2.94. The highest BCUT2D eigenvalue weighted by molar-refractivity contribution is 5.97. The van der Waals surface area contributed by atoms with Crippen molar-refractivity contribution in [2.45, 2.75) is 38.7 Å². The molecule has 5 nitrogen and oxygen atoms in total. The number of para-hydroxylation sites is 2. The zero-order chi connectivity index (χ0) is 17.9. The van der Waals surface area contributed by atoms with Gasteiger partial charge in [-0.25, -0.2) is 0 Å². The summed E-state index contributed by atoms with van der Waals surface area (Å²) in [5.41, 5.74) is 0.905. The van der Waals surface area contributed by atoms with E-state index in [-0.39, 0.29) is 12.5 Å². The van der Waals surface area contributed by atoms with Crippen molar-refractivity contribution >= 4 is 11.6 Å². The first-order valence-corrected chi connectivity index (χ1v) is 10.0. The molecule has 1 aromatic carbocycles. The molecule has 0 spiro atoms. The molecule has 142 valence electrons. The zero-order valence-electron chi connectivity index (χ0n) is 15.7. The minimum atomic E-state index is 0.0581. The minimum Gasteiger partial charge on any atom is -0.482 e. The van der Waals surface area contributed by atoms with Crippen LogP contribution in [0.15, 0.2) is 24.3 Å². The Balaban J connectivity index is 1.25. The second-order valence-electron chi connectivity index (χ2n) is 8.14. The van der Waals surface area contributed by atoms with E-state index in [1.807, 2.05) is 29.2 Å². The Hall–Kier alpha value is -1.59. The van der Waals surface area contributed by atoms with Gasteiger partial charge in [-0.2, -0.15) is 0 Å². The molecule has 2 aliphatic heterocycles. The summed E-state index contributed by atoms with van der Waals surface area (Å²) < 4.78 is 11.6. The first-order chi connectivity index (χ1) is 12.7. The monoisotopic (exact) mass is 358 g/mol. The molecule has 3 aliphatic rings. The van der Waals surface area contributed by atoms with Crippen LogP contribution < -0.4 is 9.64 Å². The van der Waals surface area contributed by atoms with E-state index in [0.717, 1.165) is 63.0 Å². The van der Waals surface area contributed by atoms with Crippen LogP contribution in [0, 0.1) is 11.8 Å². The number of hydrogen-bond acceptors (Lipinski definition) is 4. The Kier molecular flexibility index (Phi) is 5.46. The number of anilines is 1. The van der Waals surface area contributed by atoms with Crippen LogP contribution in [0.4, 0.5) is 5.69 Å². The van der Waals surface area contributed by atoms with Gasteiger partial charge < -0.3 is 19.3 Å². The Labute approximate surface area is 156 Å². The van der Waals surface area contributed by atoms with Gasteiger partial charge in [-0.05, 0) is 49.7 Å². The van der Waals surface area contributed by atoms with Crippen LogP contribution in [0.2, 0.25) is 0 Å². The van der Waals surface area contributed by atoms with Crippen LogP contribution >= 0.6 is 0 Å². The summed E-state index contributed by atoms with van der Waals surface area (Å²) in [6.45, 7) is 7.34. The number of fused-ring (bicyclic) bond motifs is 1. The van der Waals surface area contributed by atoms with E-state index in [1.165, 1.54) is 12.8 Å². The van der Waals surface area contributed by atoms with Gasteiger partial charge in [0.15, 0.2) is 6.61 Å². The molecule has 1 aliphatic carbocycles. The second kappa shape index (κ2) is 7.97. The van der Waals surface area contributed by atoms with Gasteiger partial charge in [0.05, 0.1) is 11.8 Å². The van der Waals surface area contributed by atoms with E-state index in [2.05, 4.69) is 11.8 Å². The molecule has 0 N–H and O–H groups in total. The smallest absolute Gasteiger partial charge is 0.265 e. The molecule has 1 aromatic rings. The molecule has 1 saturated carbocycles. The van der Waals surface area contributed by atoms with Crippen molar-refractivity contribution in [1.29, 1.82) is 0 Å². The normalized spacial score (nSPS) is 22.8. The molecular formula is C21H30N2O3. The lowest BCUT2D eigenvalue weighted by Gasteiger charge is -2.36. The fourth-order valence-corrected chi connectivity index (χ4v) is 3.98. The Morgan fingerprint density at radius 2 is 1.92 bits per heavy atom. The third-order valence-electron chi connectivity index (χ3n) is 5.67. The lowest BCUT2D eigenvalue weighted by molar-refractivity contribution is -0.121. The Bertz CT molecular complexity index is 623. The number of hydrogen-bond donors (Lipinski definition) is 0. The lowest BCUT2D eigenvalue weighted by atomic mass is 10.0. The number of likely N-dealkylation sites (tertiary alicyclic amines) is 1. The Morgan fingerprint density at radius 3 is 2.69 bits per heavy atom. The Morgan fingerprint density at radius 1 is 1.15 bits per heavy atom. The first-order valence-electron chi connectivity index (χ1n) is 10.0. The fraction of sp³-hybridized carbons (Fsp3) is 0.667. The maximum atomic E-state index is 12.3. The zero-order valence-corrected chi connectivity index (χ0v) is 15.7. The number of rotatable bonds is 7. The standard InChI is InChI=1S/C21H30N2O3/c1-16(12-22-10-8-18(9-11-22)25-14-17-6-7-17)13-23-19-4-2-3-5-20(19)26-15-21(23)24/h2-5,16-18H,6-15H2,1H3. The van der Waals surface area contributed by atoms with Crippen LogP contribution in [0.3, 0.4) is 0 Å². The van der Waals surface area contributed by atoms with Gasteiger partial charge in [0.1, 0.15) is 5.75 Å². The van der Waals surface area contributed by atoms with E-state index in [4.69, 9.17) is 9.47 Å². The van der Waals surface area contributed by atoms with Crippen molar-refractivity contribution < 1.29 is 14.3 Å². The second-order valence-corrected chi connectivity index (χ2v) is 8.14.